The van der Waals surface area contributed by atoms with Crippen LogP contribution in [0.3, 0.4) is 0 Å². The summed E-state index contributed by atoms with van der Waals surface area (Å²) in [7, 11) is -4.67. The third-order valence-electron chi connectivity index (χ3n) is 3.89. The Morgan fingerprint density at radius 3 is 1.74 bits per heavy atom. The largest absolute Gasteiger partial charge is 0.394 e. The summed E-state index contributed by atoms with van der Waals surface area (Å²) < 4.78 is 58.9. The standard InChI is InChI=1S/C21H14Cl2F2N4O.H2O4S/c22-17-3-1-5-19(24)15(17)11-26-28-14-9-7-13(8-10-14)21(30)29-27-12-16-18(23)4-2-6-20(16)25;1-5(2,3)4/h1-12,28H,(H,29,30);(H2,1,2,3,4)/b26-11+,27-12+;. The van der Waals surface area contributed by atoms with E-state index >= 15 is 0 Å². The molecule has 3 aromatic carbocycles. The van der Waals surface area contributed by atoms with Crippen LogP contribution in [-0.4, -0.2) is 35.9 Å². The molecular weight excluding hydrogens is 529 g/mol. The molecule has 184 valence electrons. The molecule has 3 rings (SSSR count). The Morgan fingerprint density at radius 2 is 1.29 bits per heavy atom. The average Bonchev–Trinajstić information content (AvgIpc) is 2.77. The lowest BCUT2D eigenvalue weighted by Gasteiger charge is -2.04. The molecule has 9 nitrogen and oxygen atoms in total. The van der Waals surface area contributed by atoms with Crippen molar-refractivity contribution in [3.63, 3.8) is 0 Å². The fourth-order valence-corrected chi connectivity index (χ4v) is 2.78. The number of halogens is 4. The molecule has 0 saturated carbocycles. The molecular formula is C21H16Cl2F2N4O5S. The van der Waals surface area contributed by atoms with E-state index in [1.165, 1.54) is 48.7 Å². The lowest BCUT2D eigenvalue weighted by Crippen LogP contribution is -2.17. The summed E-state index contributed by atoms with van der Waals surface area (Å²) in [6.45, 7) is 0. The number of rotatable bonds is 6. The van der Waals surface area contributed by atoms with Crippen molar-refractivity contribution in [1.82, 2.24) is 5.43 Å². The Hall–Kier alpha value is -3.42. The van der Waals surface area contributed by atoms with Gasteiger partial charge in [-0.05, 0) is 48.5 Å². The average molecular weight is 545 g/mol. The number of hydrazone groups is 2. The van der Waals surface area contributed by atoms with Crippen LogP contribution in [0.2, 0.25) is 10.0 Å². The predicted molar refractivity (Wildman–Crippen MR) is 130 cm³/mol. The first-order valence-electron chi connectivity index (χ1n) is 9.26. The second-order valence-electron chi connectivity index (χ2n) is 6.36. The summed E-state index contributed by atoms with van der Waals surface area (Å²) in [6.07, 6.45) is 2.40. The maximum atomic E-state index is 13.7. The zero-order chi connectivity index (χ0) is 26.0. The first kappa shape index (κ1) is 27.8. The molecule has 3 aromatic rings. The normalized spacial score (nSPS) is 11.3. The SMILES string of the molecule is O=C(N/N=C/c1c(F)cccc1Cl)c1ccc(N/N=C/c2c(F)cccc2Cl)cc1.O=S(=O)(O)O. The van der Waals surface area contributed by atoms with Crippen LogP contribution in [0.15, 0.2) is 70.9 Å². The molecule has 0 heterocycles. The monoisotopic (exact) mass is 544 g/mol. The third kappa shape index (κ3) is 9.76. The van der Waals surface area contributed by atoms with Crippen molar-refractivity contribution in [3.8, 4) is 0 Å². The van der Waals surface area contributed by atoms with Crippen molar-refractivity contribution in [3.05, 3.63) is 99.0 Å². The summed E-state index contributed by atoms with van der Waals surface area (Å²) >= 11 is 11.8. The molecule has 0 aromatic heterocycles. The Bertz CT molecular complexity index is 1310. The lowest BCUT2D eigenvalue weighted by molar-refractivity contribution is 0.0955. The van der Waals surface area contributed by atoms with Crippen molar-refractivity contribution in [2.75, 3.05) is 5.43 Å². The van der Waals surface area contributed by atoms with E-state index in [4.69, 9.17) is 40.7 Å². The summed E-state index contributed by atoms with van der Waals surface area (Å²) in [6, 6.07) is 14.8. The zero-order valence-electron chi connectivity index (χ0n) is 17.4. The highest BCUT2D eigenvalue weighted by Crippen LogP contribution is 2.18. The molecule has 0 unspecified atom stereocenters. The van der Waals surface area contributed by atoms with Gasteiger partial charge in [0.05, 0.1) is 28.2 Å². The van der Waals surface area contributed by atoms with Crippen LogP contribution < -0.4 is 10.9 Å². The molecule has 0 aliphatic carbocycles. The molecule has 35 heavy (non-hydrogen) atoms. The number of amides is 1. The number of hydrogen-bond acceptors (Lipinski definition) is 6. The van der Waals surface area contributed by atoms with Gasteiger partial charge in [-0.25, -0.2) is 14.2 Å². The van der Waals surface area contributed by atoms with E-state index in [2.05, 4.69) is 21.1 Å². The summed E-state index contributed by atoms with van der Waals surface area (Å²) in [4.78, 5) is 12.1. The third-order valence-corrected chi connectivity index (χ3v) is 4.55. The Balaban J connectivity index is 0.000000784. The number of benzene rings is 3. The minimum Gasteiger partial charge on any atom is -0.279 e. The van der Waals surface area contributed by atoms with Gasteiger partial charge in [-0.1, -0.05) is 35.3 Å². The number of carbonyl (C=O) groups excluding carboxylic acids is 1. The summed E-state index contributed by atoms with van der Waals surface area (Å²) in [5.41, 5.74) is 6.14. The topological polar surface area (TPSA) is 140 Å². The van der Waals surface area contributed by atoms with Crippen molar-refractivity contribution >= 4 is 57.6 Å². The molecule has 0 aliphatic rings. The highest BCUT2D eigenvalue weighted by molar-refractivity contribution is 7.79. The van der Waals surface area contributed by atoms with Gasteiger partial charge in [-0.2, -0.15) is 18.6 Å². The van der Waals surface area contributed by atoms with E-state index in [1.807, 2.05) is 0 Å². The van der Waals surface area contributed by atoms with Gasteiger partial charge in [-0.15, -0.1) is 0 Å². The van der Waals surface area contributed by atoms with E-state index in [0.29, 0.717) is 11.3 Å². The second-order valence-corrected chi connectivity index (χ2v) is 8.08. The first-order valence-corrected chi connectivity index (χ1v) is 11.4. The fraction of sp³-hybridized carbons (Fsp3) is 0. The number of carbonyl (C=O) groups is 1. The zero-order valence-corrected chi connectivity index (χ0v) is 19.7. The van der Waals surface area contributed by atoms with Crippen molar-refractivity contribution in [1.29, 1.82) is 0 Å². The van der Waals surface area contributed by atoms with Crippen LogP contribution in [0.5, 0.6) is 0 Å². The molecule has 4 N–H and O–H groups in total. The maximum Gasteiger partial charge on any atom is 0.394 e. The van der Waals surface area contributed by atoms with E-state index in [0.717, 1.165) is 6.21 Å². The molecule has 1 amide bonds. The van der Waals surface area contributed by atoms with Crippen molar-refractivity contribution in [2.45, 2.75) is 0 Å². The Labute approximate surface area is 208 Å². The van der Waals surface area contributed by atoms with Gasteiger partial charge in [0.25, 0.3) is 5.91 Å². The minimum absolute atomic E-state index is 0.0758. The van der Waals surface area contributed by atoms with Crippen LogP contribution in [0.1, 0.15) is 21.5 Å². The molecule has 0 atom stereocenters. The molecule has 0 radical (unpaired) electrons. The number of nitrogens with one attached hydrogen (secondary N) is 2. The highest BCUT2D eigenvalue weighted by Gasteiger charge is 2.07. The Morgan fingerprint density at radius 1 is 0.829 bits per heavy atom. The minimum atomic E-state index is -4.67. The maximum absolute atomic E-state index is 13.7. The quantitative estimate of drug-likeness (QED) is 0.199. The van der Waals surface area contributed by atoms with Crippen LogP contribution in [0.25, 0.3) is 0 Å². The van der Waals surface area contributed by atoms with E-state index < -0.39 is 27.9 Å². The van der Waals surface area contributed by atoms with Gasteiger partial charge in [0.2, 0.25) is 0 Å². The molecule has 14 heteroatoms. The van der Waals surface area contributed by atoms with Gasteiger partial charge in [0.1, 0.15) is 11.6 Å². The van der Waals surface area contributed by atoms with E-state index in [1.54, 1.807) is 18.2 Å². The highest BCUT2D eigenvalue weighted by atomic mass is 35.5. The number of nitrogens with zero attached hydrogens (tertiary/aromatic N) is 2. The van der Waals surface area contributed by atoms with E-state index in [9.17, 15) is 13.6 Å². The van der Waals surface area contributed by atoms with Crippen molar-refractivity contribution in [2.24, 2.45) is 10.2 Å². The number of hydrogen-bond donors (Lipinski definition) is 4. The van der Waals surface area contributed by atoms with Crippen molar-refractivity contribution < 1.29 is 31.1 Å². The molecule has 0 bridgehead atoms. The second kappa shape index (κ2) is 12.9. The van der Waals surface area contributed by atoms with Gasteiger partial charge >= 0.3 is 10.4 Å². The van der Waals surface area contributed by atoms with Gasteiger partial charge in [0.15, 0.2) is 0 Å². The fourth-order valence-electron chi connectivity index (χ4n) is 2.36. The van der Waals surface area contributed by atoms with Gasteiger partial charge in [0, 0.05) is 16.7 Å². The van der Waals surface area contributed by atoms with Gasteiger partial charge in [-0.3, -0.25) is 19.3 Å². The van der Waals surface area contributed by atoms with Crippen LogP contribution in [-0.2, 0) is 10.4 Å². The first-order chi connectivity index (χ1) is 16.5. The van der Waals surface area contributed by atoms with Gasteiger partial charge < -0.3 is 0 Å². The number of anilines is 1. The predicted octanol–water partition coefficient (Wildman–Crippen LogP) is 4.83. The van der Waals surface area contributed by atoms with Crippen LogP contribution in [0.4, 0.5) is 14.5 Å². The summed E-state index contributed by atoms with van der Waals surface area (Å²) in [5.74, 6) is -1.53. The Kier molecular flexibility index (Phi) is 10.2. The molecule has 0 aliphatic heterocycles. The van der Waals surface area contributed by atoms with E-state index in [-0.39, 0.29) is 21.2 Å². The molecule has 0 saturated heterocycles. The smallest absolute Gasteiger partial charge is 0.279 e. The van der Waals surface area contributed by atoms with Crippen LogP contribution >= 0.6 is 23.2 Å². The molecule has 0 spiro atoms. The lowest BCUT2D eigenvalue weighted by atomic mass is 10.2. The summed E-state index contributed by atoms with van der Waals surface area (Å²) in [5, 5.41) is 8.08. The van der Waals surface area contributed by atoms with Crippen LogP contribution in [0, 0.1) is 11.6 Å². The molecule has 0 fully saturated rings.